The van der Waals surface area contributed by atoms with E-state index >= 15 is 0 Å². The quantitative estimate of drug-likeness (QED) is 0.651. The van der Waals surface area contributed by atoms with E-state index < -0.39 is 0 Å². The Kier molecular flexibility index (Phi) is 4.96. The standard InChI is InChI=1S/C21H22N2O4/c1-24-18-10-8-16(12-19(18)25-2)21-22-20(27-23-21)13-26-17-9-7-14-5-3-4-6-15(14)11-17/h7-12H,3-6,13H2,1-2H3. The largest absolute Gasteiger partial charge is 0.493 e. The van der Waals surface area contributed by atoms with Crippen molar-refractivity contribution >= 4 is 0 Å². The van der Waals surface area contributed by atoms with Crippen LogP contribution in [0.3, 0.4) is 0 Å². The SMILES string of the molecule is COc1ccc(-c2noc(COc3ccc4c(c3)CCCC4)n2)cc1OC. The second-order valence-electron chi connectivity index (χ2n) is 6.51. The molecule has 0 atom stereocenters. The van der Waals surface area contributed by atoms with E-state index in [9.17, 15) is 0 Å². The number of ether oxygens (including phenoxy) is 3. The highest BCUT2D eigenvalue weighted by atomic mass is 16.5. The highest BCUT2D eigenvalue weighted by Crippen LogP contribution is 2.31. The molecule has 6 nitrogen and oxygen atoms in total. The normalized spacial score (nSPS) is 13.1. The Labute approximate surface area is 158 Å². The third-order valence-electron chi connectivity index (χ3n) is 4.79. The van der Waals surface area contributed by atoms with Crippen LogP contribution in [0, 0.1) is 0 Å². The van der Waals surface area contributed by atoms with Crippen LogP contribution in [0.2, 0.25) is 0 Å². The number of rotatable bonds is 6. The molecule has 0 spiro atoms. The molecule has 0 saturated carbocycles. The number of aryl methyl sites for hydroxylation is 2. The zero-order valence-corrected chi connectivity index (χ0v) is 15.5. The molecule has 0 N–H and O–H groups in total. The lowest BCUT2D eigenvalue weighted by atomic mass is 9.92. The maximum atomic E-state index is 5.85. The number of methoxy groups -OCH3 is 2. The average molecular weight is 366 g/mol. The Bertz CT molecular complexity index is 936. The van der Waals surface area contributed by atoms with Crippen LogP contribution in [0.4, 0.5) is 0 Å². The van der Waals surface area contributed by atoms with Crippen molar-refractivity contribution in [1.82, 2.24) is 10.1 Å². The van der Waals surface area contributed by atoms with Gasteiger partial charge in [0, 0.05) is 5.56 Å². The average Bonchev–Trinajstić information content (AvgIpc) is 3.20. The highest BCUT2D eigenvalue weighted by molar-refractivity contribution is 5.60. The van der Waals surface area contributed by atoms with Gasteiger partial charge >= 0.3 is 0 Å². The summed E-state index contributed by atoms with van der Waals surface area (Å²) in [6.07, 6.45) is 4.80. The lowest BCUT2D eigenvalue weighted by Gasteiger charge is -2.16. The molecule has 0 bridgehead atoms. The van der Waals surface area contributed by atoms with Crippen molar-refractivity contribution in [3.05, 3.63) is 53.4 Å². The summed E-state index contributed by atoms with van der Waals surface area (Å²) in [6, 6.07) is 11.8. The summed E-state index contributed by atoms with van der Waals surface area (Å²) in [5, 5.41) is 4.04. The molecule has 6 heteroatoms. The van der Waals surface area contributed by atoms with Crippen molar-refractivity contribution < 1.29 is 18.7 Å². The molecule has 4 rings (SSSR count). The molecule has 2 aromatic carbocycles. The number of hydrogen-bond donors (Lipinski definition) is 0. The molecule has 0 radical (unpaired) electrons. The molecular weight excluding hydrogens is 344 g/mol. The summed E-state index contributed by atoms with van der Waals surface area (Å²) in [5.74, 6) is 3.02. The van der Waals surface area contributed by atoms with Gasteiger partial charge in [-0.15, -0.1) is 0 Å². The molecule has 1 aliphatic carbocycles. The van der Waals surface area contributed by atoms with Crippen LogP contribution in [0.15, 0.2) is 40.9 Å². The predicted molar refractivity (Wildman–Crippen MR) is 100 cm³/mol. The zero-order valence-electron chi connectivity index (χ0n) is 15.5. The molecule has 1 aliphatic rings. The van der Waals surface area contributed by atoms with Gasteiger partial charge in [0.2, 0.25) is 5.82 Å². The Hall–Kier alpha value is -3.02. The van der Waals surface area contributed by atoms with Crippen LogP contribution in [0.1, 0.15) is 29.9 Å². The van der Waals surface area contributed by atoms with Crippen LogP contribution in [-0.4, -0.2) is 24.4 Å². The number of aromatic nitrogens is 2. The molecule has 0 amide bonds. The number of benzene rings is 2. The summed E-state index contributed by atoms with van der Waals surface area (Å²) < 4.78 is 21.7. The third kappa shape index (κ3) is 3.74. The van der Waals surface area contributed by atoms with E-state index in [1.165, 1.54) is 24.0 Å². The maximum absolute atomic E-state index is 5.85. The molecule has 1 aromatic heterocycles. The van der Waals surface area contributed by atoms with E-state index in [2.05, 4.69) is 22.3 Å². The van der Waals surface area contributed by atoms with Crippen molar-refractivity contribution in [1.29, 1.82) is 0 Å². The van der Waals surface area contributed by atoms with Crippen LogP contribution >= 0.6 is 0 Å². The Balaban J connectivity index is 1.45. The lowest BCUT2D eigenvalue weighted by Crippen LogP contribution is -2.03. The van der Waals surface area contributed by atoms with E-state index in [4.69, 9.17) is 18.7 Å². The second-order valence-corrected chi connectivity index (χ2v) is 6.51. The van der Waals surface area contributed by atoms with Crippen LogP contribution in [0.5, 0.6) is 17.2 Å². The van der Waals surface area contributed by atoms with Gasteiger partial charge in [-0.1, -0.05) is 11.2 Å². The lowest BCUT2D eigenvalue weighted by molar-refractivity contribution is 0.242. The van der Waals surface area contributed by atoms with Gasteiger partial charge in [0.25, 0.3) is 5.89 Å². The summed E-state index contributed by atoms with van der Waals surface area (Å²) in [4.78, 5) is 4.41. The number of hydrogen-bond acceptors (Lipinski definition) is 6. The first kappa shape index (κ1) is 17.4. The fourth-order valence-corrected chi connectivity index (χ4v) is 3.35. The van der Waals surface area contributed by atoms with Gasteiger partial charge < -0.3 is 18.7 Å². The van der Waals surface area contributed by atoms with Gasteiger partial charge in [0.05, 0.1) is 14.2 Å². The van der Waals surface area contributed by atoms with E-state index in [0.29, 0.717) is 23.2 Å². The van der Waals surface area contributed by atoms with Gasteiger partial charge in [-0.25, -0.2) is 0 Å². The minimum atomic E-state index is 0.235. The molecule has 0 fully saturated rings. The van der Waals surface area contributed by atoms with Gasteiger partial charge in [-0.2, -0.15) is 4.98 Å². The third-order valence-corrected chi connectivity index (χ3v) is 4.79. The summed E-state index contributed by atoms with van der Waals surface area (Å²) in [6.45, 7) is 0.235. The molecule has 1 heterocycles. The van der Waals surface area contributed by atoms with E-state index in [0.717, 1.165) is 24.2 Å². The monoisotopic (exact) mass is 366 g/mol. The first-order valence-electron chi connectivity index (χ1n) is 9.06. The molecule has 0 aliphatic heterocycles. The molecule has 0 unspecified atom stereocenters. The van der Waals surface area contributed by atoms with E-state index in [1.54, 1.807) is 14.2 Å². The Morgan fingerprint density at radius 2 is 1.74 bits per heavy atom. The van der Waals surface area contributed by atoms with Crippen molar-refractivity contribution in [3.63, 3.8) is 0 Å². The minimum Gasteiger partial charge on any atom is -0.493 e. The fourth-order valence-electron chi connectivity index (χ4n) is 3.35. The van der Waals surface area contributed by atoms with E-state index in [-0.39, 0.29) is 6.61 Å². The Morgan fingerprint density at radius 1 is 0.926 bits per heavy atom. The van der Waals surface area contributed by atoms with Crippen molar-refractivity contribution in [2.45, 2.75) is 32.3 Å². The topological polar surface area (TPSA) is 66.6 Å². The van der Waals surface area contributed by atoms with Gasteiger partial charge in [-0.3, -0.25) is 0 Å². The summed E-state index contributed by atoms with van der Waals surface area (Å²) in [5.41, 5.74) is 3.61. The van der Waals surface area contributed by atoms with Crippen LogP contribution in [-0.2, 0) is 19.4 Å². The first-order chi connectivity index (χ1) is 13.3. The summed E-state index contributed by atoms with van der Waals surface area (Å²) in [7, 11) is 3.19. The van der Waals surface area contributed by atoms with Crippen molar-refractivity contribution in [2.75, 3.05) is 14.2 Å². The molecular formula is C21H22N2O4. The van der Waals surface area contributed by atoms with Gasteiger partial charge in [0.1, 0.15) is 5.75 Å². The smallest absolute Gasteiger partial charge is 0.264 e. The summed E-state index contributed by atoms with van der Waals surface area (Å²) >= 11 is 0. The predicted octanol–water partition coefficient (Wildman–Crippen LogP) is 4.21. The molecule has 3 aromatic rings. The van der Waals surface area contributed by atoms with Gasteiger partial charge in [0.15, 0.2) is 18.1 Å². The van der Waals surface area contributed by atoms with Gasteiger partial charge in [-0.05, 0) is 67.1 Å². The van der Waals surface area contributed by atoms with E-state index in [1.807, 2.05) is 24.3 Å². The highest BCUT2D eigenvalue weighted by Gasteiger charge is 2.14. The fraction of sp³-hybridized carbons (Fsp3) is 0.333. The minimum absolute atomic E-state index is 0.235. The molecule has 27 heavy (non-hydrogen) atoms. The molecule has 140 valence electrons. The second kappa shape index (κ2) is 7.70. The number of fused-ring (bicyclic) bond motifs is 1. The first-order valence-corrected chi connectivity index (χ1v) is 9.06. The van der Waals surface area contributed by atoms with Crippen LogP contribution in [0.25, 0.3) is 11.4 Å². The zero-order chi connectivity index (χ0) is 18.6. The maximum Gasteiger partial charge on any atom is 0.264 e. The number of nitrogens with zero attached hydrogens (tertiary/aromatic N) is 2. The van der Waals surface area contributed by atoms with Crippen LogP contribution < -0.4 is 14.2 Å². The van der Waals surface area contributed by atoms with Crippen molar-refractivity contribution in [3.8, 4) is 28.6 Å². The Morgan fingerprint density at radius 3 is 2.56 bits per heavy atom. The van der Waals surface area contributed by atoms with Crippen molar-refractivity contribution in [2.24, 2.45) is 0 Å². The molecule has 0 saturated heterocycles.